The SMILES string of the molecule is CN(Cc1ccsc1)C(=O)COC(=O)c1cc(-c2ccco2)nc2ccccc12. The summed E-state index contributed by atoms with van der Waals surface area (Å²) in [7, 11) is 1.69. The number of rotatable bonds is 6. The molecule has 0 spiro atoms. The lowest BCUT2D eigenvalue weighted by molar-refractivity contribution is -0.133. The van der Waals surface area contributed by atoms with Gasteiger partial charge in [-0.15, -0.1) is 0 Å². The van der Waals surface area contributed by atoms with Crippen LogP contribution in [0.3, 0.4) is 0 Å². The second-order valence-corrected chi connectivity index (χ2v) is 7.29. The third-order valence-corrected chi connectivity index (χ3v) is 5.19. The minimum Gasteiger partial charge on any atom is -0.463 e. The number of esters is 1. The van der Waals surface area contributed by atoms with Crippen molar-refractivity contribution in [2.24, 2.45) is 0 Å². The maximum atomic E-state index is 12.8. The summed E-state index contributed by atoms with van der Waals surface area (Å²) >= 11 is 1.57. The highest BCUT2D eigenvalue weighted by molar-refractivity contribution is 7.07. The van der Waals surface area contributed by atoms with Crippen molar-refractivity contribution >= 4 is 34.1 Å². The minimum atomic E-state index is -0.575. The molecule has 0 saturated carbocycles. The Labute approximate surface area is 171 Å². The van der Waals surface area contributed by atoms with Crippen LogP contribution in [0, 0.1) is 0 Å². The van der Waals surface area contributed by atoms with E-state index in [0.29, 0.717) is 34.5 Å². The van der Waals surface area contributed by atoms with Crippen molar-refractivity contribution in [1.29, 1.82) is 0 Å². The van der Waals surface area contributed by atoms with Gasteiger partial charge in [0, 0.05) is 19.0 Å². The number of furan rings is 1. The van der Waals surface area contributed by atoms with Gasteiger partial charge in [-0.1, -0.05) is 18.2 Å². The number of para-hydroxylation sites is 1. The highest BCUT2D eigenvalue weighted by Crippen LogP contribution is 2.25. The van der Waals surface area contributed by atoms with Crippen molar-refractivity contribution in [2.45, 2.75) is 6.54 Å². The Hall–Kier alpha value is -3.45. The van der Waals surface area contributed by atoms with Crippen LogP contribution in [-0.2, 0) is 16.1 Å². The van der Waals surface area contributed by atoms with Gasteiger partial charge in [-0.05, 0) is 46.7 Å². The summed E-state index contributed by atoms with van der Waals surface area (Å²) in [6, 6.07) is 14.4. The Bertz CT molecular complexity index is 1140. The van der Waals surface area contributed by atoms with Crippen molar-refractivity contribution in [3.05, 3.63) is 76.7 Å². The second-order valence-electron chi connectivity index (χ2n) is 6.51. The number of likely N-dealkylation sites (N-methyl/N-ethyl adjacent to an activating group) is 1. The number of carbonyl (C=O) groups excluding carboxylic acids is 2. The highest BCUT2D eigenvalue weighted by Gasteiger charge is 2.18. The molecule has 4 aromatic rings. The van der Waals surface area contributed by atoms with Gasteiger partial charge in [-0.3, -0.25) is 4.79 Å². The number of thiophene rings is 1. The van der Waals surface area contributed by atoms with E-state index >= 15 is 0 Å². The van der Waals surface area contributed by atoms with Gasteiger partial charge in [0.2, 0.25) is 0 Å². The quantitative estimate of drug-likeness (QED) is 0.445. The number of nitrogens with zero attached hydrogens (tertiary/aromatic N) is 2. The maximum absolute atomic E-state index is 12.8. The second kappa shape index (κ2) is 8.28. The molecule has 3 aromatic heterocycles. The normalized spacial score (nSPS) is 10.8. The maximum Gasteiger partial charge on any atom is 0.339 e. The molecule has 29 heavy (non-hydrogen) atoms. The number of amides is 1. The summed E-state index contributed by atoms with van der Waals surface area (Å²) in [5, 5.41) is 4.60. The van der Waals surface area contributed by atoms with E-state index in [1.165, 1.54) is 4.90 Å². The molecule has 0 aliphatic rings. The molecule has 0 unspecified atom stereocenters. The Morgan fingerprint density at radius 1 is 1.17 bits per heavy atom. The summed E-state index contributed by atoms with van der Waals surface area (Å²) in [6.45, 7) is 0.146. The fourth-order valence-corrected chi connectivity index (χ4v) is 3.61. The number of carbonyl (C=O) groups is 2. The van der Waals surface area contributed by atoms with E-state index in [2.05, 4.69) is 4.98 Å². The first kappa shape index (κ1) is 18.9. The molecular weight excluding hydrogens is 388 g/mol. The first-order valence-electron chi connectivity index (χ1n) is 8.97. The van der Waals surface area contributed by atoms with Crippen LogP contribution in [0.15, 0.2) is 70.0 Å². The molecule has 0 fully saturated rings. The van der Waals surface area contributed by atoms with Gasteiger partial charge in [-0.2, -0.15) is 11.3 Å². The summed E-state index contributed by atoms with van der Waals surface area (Å²) in [5.41, 5.74) is 2.56. The first-order valence-corrected chi connectivity index (χ1v) is 9.92. The van der Waals surface area contributed by atoms with Crippen molar-refractivity contribution in [3.63, 3.8) is 0 Å². The minimum absolute atomic E-state index is 0.269. The standard InChI is InChI=1S/C22H18N2O4S/c1-24(12-15-8-10-29-14-15)21(25)13-28-22(26)17-11-19(20-7-4-9-27-20)23-18-6-3-2-5-16(17)18/h2-11,14H,12-13H2,1H3. The van der Waals surface area contributed by atoms with Crippen LogP contribution in [-0.4, -0.2) is 35.4 Å². The van der Waals surface area contributed by atoms with Gasteiger partial charge in [0.1, 0.15) is 5.69 Å². The lowest BCUT2D eigenvalue weighted by Crippen LogP contribution is -2.30. The van der Waals surface area contributed by atoms with Crippen molar-refractivity contribution in [2.75, 3.05) is 13.7 Å². The number of hydrogen-bond donors (Lipinski definition) is 0. The van der Waals surface area contributed by atoms with Crippen LogP contribution in [0.2, 0.25) is 0 Å². The molecular formula is C22H18N2O4S. The molecule has 7 heteroatoms. The molecule has 6 nitrogen and oxygen atoms in total. The van der Waals surface area contributed by atoms with E-state index in [1.54, 1.807) is 48.9 Å². The third-order valence-electron chi connectivity index (χ3n) is 4.46. The number of aromatic nitrogens is 1. The van der Waals surface area contributed by atoms with Crippen LogP contribution in [0.25, 0.3) is 22.4 Å². The van der Waals surface area contributed by atoms with Crippen LogP contribution < -0.4 is 0 Å². The molecule has 0 N–H and O–H groups in total. The highest BCUT2D eigenvalue weighted by atomic mass is 32.1. The fraction of sp³-hybridized carbons (Fsp3) is 0.136. The van der Waals surface area contributed by atoms with Gasteiger partial charge in [-0.25, -0.2) is 9.78 Å². The van der Waals surface area contributed by atoms with Gasteiger partial charge in [0.05, 0.1) is 17.3 Å². The molecule has 0 bridgehead atoms. The number of ether oxygens (including phenoxy) is 1. The van der Waals surface area contributed by atoms with E-state index in [-0.39, 0.29) is 12.5 Å². The average molecular weight is 406 g/mol. The molecule has 0 aliphatic heterocycles. The van der Waals surface area contributed by atoms with Gasteiger partial charge < -0.3 is 14.1 Å². The van der Waals surface area contributed by atoms with Crippen molar-refractivity contribution in [3.8, 4) is 11.5 Å². The molecule has 4 rings (SSSR count). The molecule has 0 atom stereocenters. The van der Waals surface area contributed by atoms with E-state index in [0.717, 1.165) is 5.56 Å². The van der Waals surface area contributed by atoms with Gasteiger partial charge >= 0.3 is 5.97 Å². The van der Waals surface area contributed by atoms with E-state index < -0.39 is 5.97 Å². The van der Waals surface area contributed by atoms with E-state index in [4.69, 9.17) is 9.15 Å². The molecule has 3 heterocycles. The summed E-state index contributed by atoms with van der Waals surface area (Å²) in [6.07, 6.45) is 1.55. The zero-order chi connectivity index (χ0) is 20.2. The largest absolute Gasteiger partial charge is 0.463 e. The molecule has 0 radical (unpaired) electrons. The molecule has 146 valence electrons. The zero-order valence-electron chi connectivity index (χ0n) is 15.7. The lowest BCUT2D eigenvalue weighted by atomic mass is 10.1. The van der Waals surface area contributed by atoms with Gasteiger partial charge in [0.25, 0.3) is 5.91 Å². The van der Waals surface area contributed by atoms with Crippen LogP contribution in [0.4, 0.5) is 0 Å². The van der Waals surface area contributed by atoms with Crippen molar-refractivity contribution < 1.29 is 18.7 Å². The molecule has 0 aliphatic carbocycles. The summed E-state index contributed by atoms with van der Waals surface area (Å²) in [5.74, 6) is -0.292. The number of fused-ring (bicyclic) bond motifs is 1. The lowest BCUT2D eigenvalue weighted by Gasteiger charge is -2.16. The summed E-state index contributed by atoms with van der Waals surface area (Å²) in [4.78, 5) is 31.2. The third kappa shape index (κ3) is 4.20. The van der Waals surface area contributed by atoms with Crippen LogP contribution in [0.5, 0.6) is 0 Å². The smallest absolute Gasteiger partial charge is 0.339 e. The molecule has 1 amide bonds. The Morgan fingerprint density at radius 2 is 2.03 bits per heavy atom. The number of benzene rings is 1. The first-order chi connectivity index (χ1) is 14.1. The zero-order valence-corrected chi connectivity index (χ0v) is 16.5. The fourth-order valence-electron chi connectivity index (χ4n) is 2.95. The van der Waals surface area contributed by atoms with E-state index in [9.17, 15) is 9.59 Å². The monoisotopic (exact) mass is 406 g/mol. The Morgan fingerprint density at radius 3 is 2.79 bits per heavy atom. The Balaban J connectivity index is 1.52. The topological polar surface area (TPSA) is 72.6 Å². The van der Waals surface area contributed by atoms with Crippen LogP contribution >= 0.6 is 11.3 Å². The van der Waals surface area contributed by atoms with Gasteiger partial charge in [0.15, 0.2) is 12.4 Å². The summed E-state index contributed by atoms with van der Waals surface area (Å²) < 4.78 is 10.7. The van der Waals surface area contributed by atoms with Crippen LogP contribution in [0.1, 0.15) is 15.9 Å². The number of pyridine rings is 1. The Kier molecular flexibility index (Phi) is 5.39. The molecule has 1 aromatic carbocycles. The average Bonchev–Trinajstić information content (AvgIpc) is 3.45. The predicted molar refractivity (Wildman–Crippen MR) is 111 cm³/mol. The van der Waals surface area contributed by atoms with Crippen molar-refractivity contribution in [1.82, 2.24) is 9.88 Å². The predicted octanol–water partition coefficient (Wildman–Crippen LogP) is 4.37. The van der Waals surface area contributed by atoms with E-state index in [1.807, 2.05) is 35.0 Å². The number of hydrogen-bond acceptors (Lipinski definition) is 6. The molecule has 0 saturated heterocycles.